The lowest BCUT2D eigenvalue weighted by molar-refractivity contribution is 0.0576. The molecular weight excluding hydrogens is 350 g/mol. The summed E-state index contributed by atoms with van der Waals surface area (Å²) in [5.74, 6) is 0. The van der Waals surface area contributed by atoms with E-state index < -0.39 is 5.60 Å². The van der Waals surface area contributed by atoms with E-state index in [2.05, 4.69) is 53.0 Å². The fraction of sp³-hybridized carbons (Fsp3) is 0.300. The Hall–Kier alpha value is -1.58. The average Bonchev–Trinajstić information content (AvgIpc) is 2.54. The highest BCUT2D eigenvalue weighted by Crippen LogP contribution is 2.28. The topological polar surface area (TPSA) is 23.5 Å². The monoisotopic (exact) mass is 373 g/mol. The summed E-state index contributed by atoms with van der Waals surface area (Å²) in [6.45, 7) is 6.95. The molecular formula is C20H24BrNO. The Morgan fingerprint density at radius 2 is 1.74 bits per heavy atom. The van der Waals surface area contributed by atoms with Crippen LogP contribution in [0.25, 0.3) is 0 Å². The number of nitrogens with zero attached hydrogens (tertiary/aromatic N) is 1. The quantitative estimate of drug-likeness (QED) is 0.724. The van der Waals surface area contributed by atoms with Crippen LogP contribution in [0.5, 0.6) is 0 Å². The summed E-state index contributed by atoms with van der Waals surface area (Å²) in [6, 6.07) is 18.1. The molecule has 0 aliphatic carbocycles. The van der Waals surface area contributed by atoms with Gasteiger partial charge in [0.25, 0.3) is 0 Å². The van der Waals surface area contributed by atoms with Gasteiger partial charge in [-0.3, -0.25) is 0 Å². The highest BCUT2D eigenvalue weighted by molar-refractivity contribution is 9.10. The van der Waals surface area contributed by atoms with Gasteiger partial charge in [-0.05, 0) is 50.6 Å². The molecule has 2 nitrogen and oxygen atoms in total. The molecule has 2 rings (SSSR count). The van der Waals surface area contributed by atoms with Gasteiger partial charge in [-0.25, -0.2) is 0 Å². The zero-order valence-corrected chi connectivity index (χ0v) is 15.5. The summed E-state index contributed by atoms with van der Waals surface area (Å²) in [7, 11) is 0. The van der Waals surface area contributed by atoms with E-state index in [1.54, 1.807) is 0 Å². The zero-order chi connectivity index (χ0) is 16.9. The van der Waals surface area contributed by atoms with Crippen molar-refractivity contribution in [1.82, 2.24) is 0 Å². The van der Waals surface area contributed by atoms with Gasteiger partial charge in [0.2, 0.25) is 0 Å². The molecule has 0 radical (unpaired) electrons. The third kappa shape index (κ3) is 4.95. The third-order valence-corrected chi connectivity index (χ3v) is 4.42. The van der Waals surface area contributed by atoms with Crippen molar-refractivity contribution in [3.63, 3.8) is 0 Å². The van der Waals surface area contributed by atoms with Gasteiger partial charge in [0.15, 0.2) is 0 Å². The van der Waals surface area contributed by atoms with Crippen molar-refractivity contribution < 1.29 is 5.11 Å². The number of rotatable bonds is 6. The van der Waals surface area contributed by atoms with E-state index in [9.17, 15) is 5.11 Å². The molecule has 1 unspecified atom stereocenters. The number of benzene rings is 2. The molecule has 0 aromatic heterocycles. The van der Waals surface area contributed by atoms with Gasteiger partial charge in [-0.2, -0.15) is 0 Å². The van der Waals surface area contributed by atoms with Crippen LogP contribution in [0, 0.1) is 0 Å². The standard InChI is InChI=1S/C20H24BrNO/c1-4-22(19-12-10-18(21)11-13-19)15-16(2)14-20(3,23)17-8-6-5-7-9-17/h5-13,15,23H,4,14H2,1-3H3. The van der Waals surface area contributed by atoms with Crippen LogP contribution in [-0.4, -0.2) is 11.7 Å². The van der Waals surface area contributed by atoms with Crippen LogP contribution in [0.4, 0.5) is 5.69 Å². The molecule has 2 aromatic rings. The van der Waals surface area contributed by atoms with Crippen LogP contribution in [0.2, 0.25) is 0 Å². The van der Waals surface area contributed by atoms with E-state index in [-0.39, 0.29) is 0 Å². The summed E-state index contributed by atoms with van der Waals surface area (Å²) >= 11 is 3.47. The molecule has 0 saturated carbocycles. The van der Waals surface area contributed by atoms with Gasteiger partial charge in [0.05, 0.1) is 5.60 Å². The molecule has 122 valence electrons. The minimum Gasteiger partial charge on any atom is -0.385 e. The van der Waals surface area contributed by atoms with Gasteiger partial charge in [0, 0.05) is 29.3 Å². The van der Waals surface area contributed by atoms with Gasteiger partial charge < -0.3 is 10.0 Å². The van der Waals surface area contributed by atoms with Crippen LogP contribution in [0.15, 0.2) is 70.8 Å². The first kappa shape index (κ1) is 17.8. The highest BCUT2D eigenvalue weighted by atomic mass is 79.9. The van der Waals surface area contributed by atoms with Crippen LogP contribution in [-0.2, 0) is 5.60 Å². The summed E-state index contributed by atoms with van der Waals surface area (Å²) in [5, 5.41) is 10.8. The molecule has 23 heavy (non-hydrogen) atoms. The SMILES string of the molecule is CCN(C=C(C)CC(C)(O)c1ccccc1)c1ccc(Br)cc1. The second-order valence-electron chi connectivity index (χ2n) is 6.05. The Labute approximate surface area is 147 Å². The molecule has 2 aromatic carbocycles. The van der Waals surface area contributed by atoms with Crippen molar-refractivity contribution in [1.29, 1.82) is 0 Å². The van der Waals surface area contributed by atoms with Crippen molar-refractivity contribution >= 4 is 21.6 Å². The first-order valence-corrected chi connectivity index (χ1v) is 8.69. The predicted molar refractivity (Wildman–Crippen MR) is 102 cm³/mol. The van der Waals surface area contributed by atoms with Crippen molar-refractivity contribution in [2.45, 2.75) is 32.8 Å². The van der Waals surface area contributed by atoms with E-state index in [0.29, 0.717) is 6.42 Å². The lowest BCUT2D eigenvalue weighted by Crippen LogP contribution is -2.23. The van der Waals surface area contributed by atoms with Gasteiger partial charge in [-0.15, -0.1) is 0 Å². The Kier molecular flexibility index (Phi) is 6.03. The fourth-order valence-corrected chi connectivity index (χ4v) is 3.00. The number of aliphatic hydroxyl groups is 1. The Morgan fingerprint density at radius 3 is 2.30 bits per heavy atom. The molecule has 0 aliphatic rings. The van der Waals surface area contributed by atoms with Crippen LogP contribution < -0.4 is 4.90 Å². The molecule has 3 heteroatoms. The minimum atomic E-state index is -0.860. The largest absolute Gasteiger partial charge is 0.385 e. The number of anilines is 1. The molecule has 0 spiro atoms. The molecule has 0 aliphatic heterocycles. The van der Waals surface area contributed by atoms with Crippen molar-refractivity contribution in [3.05, 3.63) is 76.4 Å². The first-order chi connectivity index (χ1) is 10.9. The second kappa shape index (κ2) is 7.80. The second-order valence-corrected chi connectivity index (χ2v) is 6.97. The smallest absolute Gasteiger partial charge is 0.0906 e. The normalized spacial score (nSPS) is 14.4. The lowest BCUT2D eigenvalue weighted by atomic mass is 9.89. The number of hydrogen-bond acceptors (Lipinski definition) is 2. The predicted octanol–water partition coefficient (Wildman–Crippen LogP) is 5.48. The molecule has 0 saturated heterocycles. The third-order valence-electron chi connectivity index (χ3n) is 3.89. The average molecular weight is 374 g/mol. The van der Waals surface area contributed by atoms with E-state index in [1.165, 1.54) is 0 Å². The molecule has 0 heterocycles. The van der Waals surface area contributed by atoms with Crippen LogP contribution in [0.1, 0.15) is 32.8 Å². The highest BCUT2D eigenvalue weighted by Gasteiger charge is 2.23. The number of halogens is 1. The van der Waals surface area contributed by atoms with E-state index in [0.717, 1.165) is 27.8 Å². The van der Waals surface area contributed by atoms with Crippen molar-refractivity contribution in [2.24, 2.45) is 0 Å². The Bertz CT molecular complexity index is 647. The molecule has 0 amide bonds. The van der Waals surface area contributed by atoms with Crippen LogP contribution >= 0.6 is 15.9 Å². The van der Waals surface area contributed by atoms with Crippen LogP contribution in [0.3, 0.4) is 0 Å². The Balaban J connectivity index is 2.15. The minimum absolute atomic E-state index is 0.601. The van der Waals surface area contributed by atoms with Gasteiger partial charge in [0.1, 0.15) is 0 Å². The Morgan fingerprint density at radius 1 is 1.13 bits per heavy atom. The summed E-state index contributed by atoms with van der Waals surface area (Å²) < 4.78 is 1.07. The fourth-order valence-electron chi connectivity index (χ4n) is 2.73. The maximum atomic E-state index is 10.8. The molecule has 1 atom stereocenters. The van der Waals surface area contributed by atoms with Crippen molar-refractivity contribution in [3.8, 4) is 0 Å². The zero-order valence-electron chi connectivity index (χ0n) is 14.0. The van der Waals surface area contributed by atoms with E-state index in [1.807, 2.05) is 49.4 Å². The molecule has 1 N–H and O–H groups in total. The summed E-state index contributed by atoms with van der Waals surface area (Å²) in [5.41, 5.74) is 2.37. The maximum Gasteiger partial charge on any atom is 0.0906 e. The lowest BCUT2D eigenvalue weighted by Gasteiger charge is -2.26. The molecule has 0 fully saturated rings. The van der Waals surface area contributed by atoms with E-state index >= 15 is 0 Å². The van der Waals surface area contributed by atoms with E-state index in [4.69, 9.17) is 0 Å². The molecule has 0 bridgehead atoms. The van der Waals surface area contributed by atoms with Gasteiger partial charge in [-0.1, -0.05) is 51.8 Å². The van der Waals surface area contributed by atoms with Crippen molar-refractivity contribution in [2.75, 3.05) is 11.4 Å². The first-order valence-electron chi connectivity index (χ1n) is 7.90. The van der Waals surface area contributed by atoms with Gasteiger partial charge >= 0.3 is 0 Å². The summed E-state index contributed by atoms with van der Waals surface area (Å²) in [6.07, 6.45) is 2.73. The number of hydrogen-bond donors (Lipinski definition) is 1. The maximum absolute atomic E-state index is 10.8. The summed E-state index contributed by atoms with van der Waals surface area (Å²) in [4.78, 5) is 2.20.